The number of phenols is 1. The monoisotopic (exact) mass is 468 g/mol. The normalized spacial score (nSPS) is 14.6. The van der Waals surface area contributed by atoms with Crippen LogP contribution in [0.25, 0.3) is 11.3 Å². The molecule has 1 aliphatic heterocycles. The number of hydrogen-bond acceptors (Lipinski definition) is 6. The van der Waals surface area contributed by atoms with Gasteiger partial charge in [-0.3, -0.25) is 14.9 Å². The summed E-state index contributed by atoms with van der Waals surface area (Å²) in [5.41, 5.74) is 3.94. The molecule has 8 heteroatoms. The number of methoxy groups -OCH3 is 1. The van der Waals surface area contributed by atoms with Crippen LogP contribution in [0, 0.1) is 0 Å². The van der Waals surface area contributed by atoms with Gasteiger partial charge in [0.1, 0.15) is 23.7 Å². The van der Waals surface area contributed by atoms with Crippen molar-refractivity contribution in [1.82, 2.24) is 20.1 Å². The van der Waals surface area contributed by atoms with Crippen LogP contribution in [0.4, 0.5) is 0 Å². The van der Waals surface area contributed by atoms with Crippen molar-refractivity contribution >= 4 is 5.91 Å². The molecule has 3 heterocycles. The molecule has 5 rings (SSSR count). The van der Waals surface area contributed by atoms with Crippen LogP contribution in [0.2, 0.25) is 0 Å². The number of ether oxygens (including phenoxy) is 2. The van der Waals surface area contributed by atoms with Gasteiger partial charge in [-0.05, 0) is 47.5 Å². The molecule has 0 unspecified atom stereocenters. The zero-order valence-electron chi connectivity index (χ0n) is 19.1. The molecular weight excluding hydrogens is 444 g/mol. The number of nitrogens with zero attached hydrogens (tertiary/aromatic N) is 3. The van der Waals surface area contributed by atoms with Crippen LogP contribution in [-0.4, -0.2) is 44.8 Å². The van der Waals surface area contributed by atoms with Crippen molar-refractivity contribution < 1.29 is 19.4 Å². The molecule has 35 heavy (non-hydrogen) atoms. The number of rotatable bonds is 8. The first kappa shape index (κ1) is 22.2. The Balaban J connectivity index is 1.65. The molecule has 2 N–H and O–H groups in total. The van der Waals surface area contributed by atoms with E-state index in [0.717, 1.165) is 11.1 Å². The standard InChI is InChI=1S/C27H24N4O4/c1-3-14-35-21-9-8-18(15-22(21)34-2)26-23-24(19-6-4-5-7-20(19)32)29-30-25(23)27(33)31(26)16-17-10-12-28-13-11-17/h3-13,15,26,32H,1,14,16H2,2H3,(H,29,30)/t26-/m0/s1. The van der Waals surface area contributed by atoms with E-state index in [1.807, 2.05) is 36.4 Å². The molecule has 0 saturated heterocycles. The minimum atomic E-state index is -0.471. The molecule has 1 amide bonds. The summed E-state index contributed by atoms with van der Waals surface area (Å²) in [6.45, 7) is 4.40. The van der Waals surface area contributed by atoms with Gasteiger partial charge in [-0.15, -0.1) is 0 Å². The largest absolute Gasteiger partial charge is 0.507 e. The maximum Gasteiger partial charge on any atom is 0.273 e. The fourth-order valence-electron chi connectivity index (χ4n) is 4.39. The third kappa shape index (κ3) is 3.99. The Hall–Kier alpha value is -4.59. The van der Waals surface area contributed by atoms with E-state index in [0.29, 0.717) is 47.2 Å². The highest BCUT2D eigenvalue weighted by molar-refractivity contribution is 6.00. The third-order valence-electron chi connectivity index (χ3n) is 5.99. The highest BCUT2D eigenvalue weighted by Gasteiger charge is 2.42. The number of H-pyrrole nitrogens is 1. The van der Waals surface area contributed by atoms with Gasteiger partial charge in [-0.2, -0.15) is 5.10 Å². The molecule has 8 nitrogen and oxygen atoms in total. The van der Waals surface area contributed by atoms with Gasteiger partial charge in [-0.1, -0.05) is 30.9 Å². The molecule has 0 aliphatic carbocycles. The van der Waals surface area contributed by atoms with Gasteiger partial charge in [-0.25, -0.2) is 0 Å². The van der Waals surface area contributed by atoms with Crippen molar-refractivity contribution in [2.75, 3.05) is 13.7 Å². The van der Waals surface area contributed by atoms with Gasteiger partial charge in [0.05, 0.1) is 13.2 Å². The van der Waals surface area contributed by atoms with Crippen LogP contribution in [0.3, 0.4) is 0 Å². The number of para-hydroxylation sites is 1. The van der Waals surface area contributed by atoms with Gasteiger partial charge < -0.3 is 19.5 Å². The lowest BCUT2D eigenvalue weighted by Crippen LogP contribution is -2.29. The molecule has 2 aromatic heterocycles. The first-order valence-electron chi connectivity index (χ1n) is 11.1. The number of pyridine rings is 1. The Kier molecular flexibility index (Phi) is 5.93. The SMILES string of the molecule is C=CCOc1ccc([C@H]2c3c(-c4ccccc4O)n[nH]c3C(=O)N2Cc2ccncc2)cc1OC. The van der Waals surface area contributed by atoms with Crippen LogP contribution in [0.15, 0.2) is 79.6 Å². The zero-order valence-corrected chi connectivity index (χ0v) is 19.1. The molecule has 0 radical (unpaired) electrons. The number of carbonyl (C=O) groups excluding carboxylic acids is 1. The summed E-state index contributed by atoms with van der Waals surface area (Å²) in [5, 5.41) is 17.9. The first-order valence-corrected chi connectivity index (χ1v) is 11.1. The summed E-state index contributed by atoms with van der Waals surface area (Å²) in [7, 11) is 1.57. The minimum absolute atomic E-state index is 0.0892. The minimum Gasteiger partial charge on any atom is -0.507 e. The van der Waals surface area contributed by atoms with Gasteiger partial charge in [0.25, 0.3) is 5.91 Å². The topological polar surface area (TPSA) is 101 Å². The molecular formula is C27H24N4O4. The quantitative estimate of drug-likeness (QED) is 0.370. The summed E-state index contributed by atoms with van der Waals surface area (Å²) in [6.07, 6.45) is 5.07. The predicted octanol–water partition coefficient (Wildman–Crippen LogP) is 4.50. The van der Waals surface area contributed by atoms with Crippen LogP contribution in [0.5, 0.6) is 17.2 Å². The van der Waals surface area contributed by atoms with E-state index in [1.54, 1.807) is 48.7 Å². The fourth-order valence-corrected chi connectivity index (χ4v) is 4.39. The van der Waals surface area contributed by atoms with Crippen LogP contribution in [-0.2, 0) is 6.54 Å². The first-order chi connectivity index (χ1) is 17.1. The van der Waals surface area contributed by atoms with Gasteiger partial charge in [0, 0.05) is 30.1 Å². The zero-order chi connectivity index (χ0) is 24.4. The van der Waals surface area contributed by atoms with Gasteiger partial charge in [0.15, 0.2) is 11.5 Å². The molecule has 0 saturated carbocycles. The Morgan fingerprint density at radius 1 is 1.14 bits per heavy atom. The highest BCUT2D eigenvalue weighted by atomic mass is 16.5. The number of aromatic amines is 1. The van der Waals surface area contributed by atoms with Gasteiger partial charge in [0.2, 0.25) is 0 Å². The Bertz CT molecular complexity index is 1380. The molecule has 176 valence electrons. The highest BCUT2D eigenvalue weighted by Crippen LogP contribution is 2.46. The molecule has 0 bridgehead atoms. The second kappa shape index (κ2) is 9.34. The summed E-state index contributed by atoms with van der Waals surface area (Å²) in [4.78, 5) is 19.4. The van der Waals surface area contributed by atoms with E-state index < -0.39 is 6.04 Å². The van der Waals surface area contributed by atoms with Crippen LogP contribution < -0.4 is 9.47 Å². The smallest absolute Gasteiger partial charge is 0.273 e. The second-order valence-corrected chi connectivity index (χ2v) is 8.08. The summed E-state index contributed by atoms with van der Waals surface area (Å²) >= 11 is 0. The van der Waals surface area contributed by atoms with Crippen molar-refractivity contribution in [3.8, 4) is 28.5 Å². The molecule has 2 aromatic carbocycles. The molecule has 4 aromatic rings. The number of phenolic OH excluding ortho intramolecular Hbond substituents is 1. The summed E-state index contributed by atoms with van der Waals surface area (Å²) in [6, 6.07) is 15.9. The average molecular weight is 469 g/mol. The van der Waals surface area contributed by atoms with Crippen LogP contribution >= 0.6 is 0 Å². The van der Waals surface area contributed by atoms with Crippen molar-refractivity contribution in [2.45, 2.75) is 12.6 Å². The predicted molar refractivity (Wildman–Crippen MR) is 130 cm³/mol. The number of carbonyl (C=O) groups is 1. The molecule has 1 aliphatic rings. The van der Waals surface area contributed by atoms with E-state index in [9.17, 15) is 9.90 Å². The molecule has 1 atom stereocenters. The van der Waals surface area contributed by atoms with E-state index in [-0.39, 0.29) is 11.7 Å². The number of aromatic nitrogens is 3. The van der Waals surface area contributed by atoms with E-state index in [4.69, 9.17) is 9.47 Å². The summed E-state index contributed by atoms with van der Waals surface area (Å²) < 4.78 is 11.3. The summed E-state index contributed by atoms with van der Waals surface area (Å²) in [5.74, 6) is 1.03. The number of benzene rings is 2. The van der Waals surface area contributed by atoms with Gasteiger partial charge >= 0.3 is 0 Å². The lowest BCUT2D eigenvalue weighted by Gasteiger charge is -2.27. The number of amides is 1. The molecule has 0 spiro atoms. The maximum atomic E-state index is 13.6. The molecule has 0 fully saturated rings. The Morgan fingerprint density at radius 2 is 1.94 bits per heavy atom. The number of aromatic hydroxyl groups is 1. The lowest BCUT2D eigenvalue weighted by molar-refractivity contribution is 0.0730. The number of fused-ring (bicyclic) bond motifs is 1. The average Bonchev–Trinajstić information content (AvgIpc) is 3.42. The van der Waals surface area contributed by atoms with Crippen molar-refractivity contribution in [2.24, 2.45) is 0 Å². The van der Waals surface area contributed by atoms with E-state index >= 15 is 0 Å². The van der Waals surface area contributed by atoms with Crippen LogP contribution in [0.1, 0.15) is 33.2 Å². The van der Waals surface area contributed by atoms with Crippen molar-refractivity contribution in [3.63, 3.8) is 0 Å². The number of hydrogen-bond donors (Lipinski definition) is 2. The fraction of sp³-hybridized carbons (Fsp3) is 0.148. The van der Waals surface area contributed by atoms with Crippen molar-refractivity contribution in [1.29, 1.82) is 0 Å². The van der Waals surface area contributed by atoms with Crippen molar-refractivity contribution in [3.05, 3.63) is 102 Å². The Morgan fingerprint density at radius 3 is 2.69 bits per heavy atom. The third-order valence-corrected chi connectivity index (χ3v) is 5.99. The lowest BCUT2D eigenvalue weighted by atomic mass is 9.95. The van der Waals surface area contributed by atoms with E-state index in [2.05, 4.69) is 21.8 Å². The Labute approximate surface area is 202 Å². The second-order valence-electron chi connectivity index (χ2n) is 8.08. The maximum absolute atomic E-state index is 13.6. The van der Waals surface area contributed by atoms with E-state index in [1.165, 1.54) is 0 Å². The number of nitrogens with one attached hydrogen (secondary N) is 1.